The minimum atomic E-state index is -5.09. The number of alkyl halides is 6. The van der Waals surface area contributed by atoms with Crippen LogP contribution in [-0.4, -0.2) is 59.2 Å². The lowest BCUT2D eigenvalue weighted by atomic mass is 9.73. The van der Waals surface area contributed by atoms with E-state index >= 15 is 0 Å². The van der Waals surface area contributed by atoms with E-state index in [1.54, 1.807) is 91.0 Å². The molecule has 4 aromatic carbocycles. The van der Waals surface area contributed by atoms with Crippen molar-refractivity contribution in [3.05, 3.63) is 143 Å². The summed E-state index contributed by atoms with van der Waals surface area (Å²) in [5, 5.41) is 0. The van der Waals surface area contributed by atoms with Crippen LogP contribution in [0.2, 0.25) is 0 Å². The molecule has 4 aromatic rings. The van der Waals surface area contributed by atoms with Crippen molar-refractivity contribution in [3.8, 4) is 0 Å². The highest BCUT2D eigenvalue weighted by molar-refractivity contribution is 5.95. The second kappa shape index (κ2) is 17.5. The predicted octanol–water partition coefficient (Wildman–Crippen LogP) is 9.37. The zero-order valence-corrected chi connectivity index (χ0v) is 31.8. The van der Waals surface area contributed by atoms with Gasteiger partial charge in [0, 0.05) is 13.0 Å². The number of likely N-dealkylation sites (tertiary alicyclic amines) is 2. The predicted molar refractivity (Wildman–Crippen MR) is 198 cm³/mol. The van der Waals surface area contributed by atoms with Gasteiger partial charge in [-0.3, -0.25) is 9.69 Å². The van der Waals surface area contributed by atoms with Crippen LogP contribution in [0.25, 0.3) is 0 Å². The van der Waals surface area contributed by atoms with Crippen LogP contribution in [0.1, 0.15) is 72.1 Å². The third-order valence-electron chi connectivity index (χ3n) is 10.6. The number of hydrogen-bond acceptors (Lipinski definition) is 8. The van der Waals surface area contributed by atoms with Crippen molar-refractivity contribution in [2.24, 2.45) is 0 Å². The van der Waals surface area contributed by atoms with Gasteiger partial charge in [0.05, 0.1) is 34.9 Å². The van der Waals surface area contributed by atoms with Gasteiger partial charge in [-0.25, -0.2) is 19.3 Å². The van der Waals surface area contributed by atoms with Crippen LogP contribution in [0.4, 0.5) is 35.9 Å². The number of amides is 3. The molecule has 2 heterocycles. The maximum atomic E-state index is 14.4. The van der Waals surface area contributed by atoms with Gasteiger partial charge in [0.25, 0.3) is 0 Å². The largest absolute Gasteiger partial charge is 0.458 e. The first-order valence-electron chi connectivity index (χ1n) is 18.6. The summed E-state index contributed by atoms with van der Waals surface area (Å²) in [6, 6.07) is 27.1. The van der Waals surface area contributed by atoms with Crippen molar-refractivity contribution < 1.29 is 64.5 Å². The Kier molecular flexibility index (Phi) is 12.7. The van der Waals surface area contributed by atoms with E-state index < -0.39 is 83.5 Å². The Morgan fingerprint density at radius 3 is 1.80 bits per heavy atom. The molecule has 3 amide bonds. The van der Waals surface area contributed by atoms with E-state index in [0.29, 0.717) is 28.8 Å². The Balaban J connectivity index is 1.31. The molecule has 2 saturated heterocycles. The first-order chi connectivity index (χ1) is 28.0. The van der Waals surface area contributed by atoms with Crippen molar-refractivity contribution in [2.75, 3.05) is 19.8 Å². The molecule has 0 aromatic heterocycles. The zero-order valence-electron chi connectivity index (χ0n) is 31.8. The van der Waals surface area contributed by atoms with Crippen LogP contribution in [0.15, 0.2) is 109 Å². The average Bonchev–Trinajstić information content (AvgIpc) is 3.55. The Morgan fingerprint density at radius 2 is 1.24 bits per heavy atom. The quantitative estimate of drug-likeness (QED) is 0.0836. The van der Waals surface area contributed by atoms with E-state index in [1.165, 1.54) is 11.8 Å². The third-order valence-corrected chi connectivity index (χ3v) is 10.6. The summed E-state index contributed by atoms with van der Waals surface area (Å²) in [7, 11) is 0. The van der Waals surface area contributed by atoms with Crippen molar-refractivity contribution >= 4 is 24.1 Å². The molecular weight excluding hydrogens is 786 g/mol. The average molecular weight is 827 g/mol. The first kappa shape index (κ1) is 42.7. The molecule has 0 unspecified atom stereocenters. The number of esters is 1. The fraction of sp³-hybridized carbons (Fsp3) is 0.349. The van der Waals surface area contributed by atoms with Gasteiger partial charge in [-0.2, -0.15) is 26.3 Å². The summed E-state index contributed by atoms with van der Waals surface area (Å²) in [5.41, 5.74) is -4.45. The highest BCUT2D eigenvalue weighted by Gasteiger charge is 2.59. The van der Waals surface area contributed by atoms with Crippen LogP contribution in [0.5, 0.6) is 0 Å². The van der Waals surface area contributed by atoms with Gasteiger partial charge < -0.3 is 18.9 Å². The molecule has 0 saturated carbocycles. The van der Waals surface area contributed by atoms with Gasteiger partial charge in [-0.15, -0.1) is 0 Å². The summed E-state index contributed by atoms with van der Waals surface area (Å²) in [4.78, 5) is 56.2. The molecule has 3 atom stereocenters. The van der Waals surface area contributed by atoms with Gasteiger partial charge in [0.2, 0.25) is 5.91 Å². The topological polar surface area (TPSA) is 112 Å². The molecule has 6 rings (SSSR count). The monoisotopic (exact) mass is 826 g/mol. The van der Waals surface area contributed by atoms with E-state index in [9.17, 15) is 45.5 Å². The Hall–Kier alpha value is -5.90. The highest BCUT2D eigenvalue weighted by atomic mass is 19.4. The third kappa shape index (κ3) is 9.87. The molecule has 16 heteroatoms. The van der Waals surface area contributed by atoms with Crippen molar-refractivity contribution in [3.63, 3.8) is 0 Å². The van der Waals surface area contributed by atoms with Crippen molar-refractivity contribution in [1.29, 1.82) is 0 Å². The van der Waals surface area contributed by atoms with E-state index in [0.717, 1.165) is 4.90 Å². The summed E-state index contributed by atoms with van der Waals surface area (Å²) in [5.74, 6) is -1.48. The van der Waals surface area contributed by atoms with E-state index in [2.05, 4.69) is 0 Å². The fourth-order valence-electron chi connectivity index (χ4n) is 7.47. The lowest BCUT2D eigenvalue weighted by Crippen LogP contribution is -2.66. The van der Waals surface area contributed by atoms with Gasteiger partial charge in [-0.1, -0.05) is 91.0 Å². The number of benzene rings is 4. The molecule has 312 valence electrons. The summed E-state index contributed by atoms with van der Waals surface area (Å²) < 4.78 is 105. The lowest BCUT2D eigenvalue weighted by Gasteiger charge is -2.54. The number of halogens is 6. The van der Waals surface area contributed by atoms with Crippen LogP contribution in [0.3, 0.4) is 0 Å². The number of nitrogens with zero attached hydrogens (tertiary/aromatic N) is 2. The number of ether oxygens (including phenoxy) is 4. The molecule has 2 aliphatic heterocycles. The van der Waals surface area contributed by atoms with Crippen LogP contribution in [-0.2, 0) is 59.6 Å². The number of rotatable bonds is 11. The zero-order chi connectivity index (χ0) is 42.4. The second-order valence-corrected chi connectivity index (χ2v) is 14.5. The molecule has 59 heavy (non-hydrogen) atoms. The second-order valence-electron chi connectivity index (χ2n) is 14.5. The van der Waals surface area contributed by atoms with E-state index in [-0.39, 0.29) is 51.5 Å². The number of piperidine rings is 1. The molecule has 2 aliphatic rings. The van der Waals surface area contributed by atoms with Gasteiger partial charge in [0.15, 0.2) is 6.61 Å². The molecule has 10 nitrogen and oxygen atoms in total. The molecule has 0 radical (unpaired) electrons. The molecule has 0 bridgehead atoms. The molecular formula is C43H40F6N2O8. The minimum Gasteiger partial charge on any atom is -0.458 e. The van der Waals surface area contributed by atoms with E-state index in [4.69, 9.17) is 18.9 Å². The number of hydrogen-bond donors (Lipinski definition) is 0. The smallest absolute Gasteiger partial charge is 0.417 e. The van der Waals surface area contributed by atoms with E-state index in [1.807, 2.05) is 0 Å². The number of carbonyl (C=O) groups excluding carboxylic acids is 4. The standard InChI is InChI=1S/C43H40F6N2O8/c1-29(32-21-34(42(44,45)46)23-35(22-32)43(47,48)49)59-28-41(33-15-9-4-10-16-33)20-19-40(27-50(41)38(54)57-25-31-13-7-3-8-14-31)18-17-36(52)51(40)39(55)58-26-37(53)56-24-30-11-5-2-6-12-30/h2-16,21-23,29H,17-20,24-28H2,1H3/t29-,40-,41-/m1/s1. The summed E-state index contributed by atoms with van der Waals surface area (Å²) >= 11 is 0. The molecule has 0 aliphatic carbocycles. The van der Waals surface area contributed by atoms with Crippen molar-refractivity contribution in [2.45, 2.75) is 75.4 Å². The lowest BCUT2D eigenvalue weighted by molar-refractivity contribution is -0.150. The SMILES string of the molecule is C[C@@H](OC[C@@]1(c2ccccc2)CC[C@]2(CCC(=O)N2C(=O)OCC(=O)OCc2ccccc2)CN1C(=O)OCc1ccccc1)c1cc(C(F)(F)F)cc(C(F)(F)F)c1. The number of imide groups is 1. The Bertz CT molecular complexity index is 2090. The summed E-state index contributed by atoms with van der Waals surface area (Å²) in [6.45, 7) is -0.546. The van der Waals surface area contributed by atoms with Crippen LogP contribution < -0.4 is 0 Å². The maximum absolute atomic E-state index is 14.4. The van der Waals surface area contributed by atoms with Gasteiger partial charge >= 0.3 is 30.5 Å². The van der Waals surface area contributed by atoms with Crippen LogP contribution in [0, 0.1) is 0 Å². The molecule has 1 spiro atoms. The maximum Gasteiger partial charge on any atom is 0.417 e. The first-order valence-corrected chi connectivity index (χ1v) is 18.6. The molecule has 2 fully saturated rings. The Morgan fingerprint density at radius 1 is 0.695 bits per heavy atom. The van der Waals surface area contributed by atoms with Gasteiger partial charge in [0.1, 0.15) is 13.2 Å². The summed E-state index contributed by atoms with van der Waals surface area (Å²) in [6.07, 6.45) is -13.5. The van der Waals surface area contributed by atoms with Crippen LogP contribution >= 0.6 is 0 Å². The Labute approximate surface area is 335 Å². The van der Waals surface area contributed by atoms with Gasteiger partial charge in [-0.05, 0) is 66.6 Å². The normalized spacial score (nSPS) is 20.0. The van der Waals surface area contributed by atoms with Crippen molar-refractivity contribution in [1.82, 2.24) is 9.80 Å². The number of carbonyl (C=O) groups is 4. The minimum absolute atomic E-state index is 0.0171. The highest BCUT2D eigenvalue weighted by Crippen LogP contribution is 2.49. The molecule has 0 N–H and O–H groups in total. The fourth-order valence-corrected chi connectivity index (χ4v) is 7.47.